The molecule has 0 aliphatic rings. The molecule has 0 saturated heterocycles. The minimum Gasteiger partial charge on any atom is -0.378 e. The van der Waals surface area contributed by atoms with Gasteiger partial charge in [0.1, 0.15) is 0 Å². The van der Waals surface area contributed by atoms with Crippen molar-refractivity contribution in [3.05, 3.63) is 53.1 Å². The summed E-state index contributed by atoms with van der Waals surface area (Å²) in [6.45, 7) is 5.48. The van der Waals surface area contributed by atoms with Crippen molar-refractivity contribution in [3.63, 3.8) is 0 Å². The average molecular weight is 458 g/mol. The zero-order chi connectivity index (χ0) is 23.6. The molecule has 0 aliphatic heterocycles. The monoisotopic (exact) mass is 457 g/mol. The largest absolute Gasteiger partial charge is 0.418 e. The zero-order valence-corrected chi connectivity index (χ0v) is 18.9. The Morgan fingerprint density at radius 1 is 1.03 bits per heavy atom. The van der Waals surface area contributed by atoms with Crippen LogP contribution in [0.3, 0.4) is 0 Å². The molecule has 6 nitrogen and oxygen atoms in total. The molecular formula is C21H26F3N3O3S. The maximum absolute atomic E-state index is 13.6. The van der Waals surface area contributed by atoms with E-state index in [1.54, 1.807) is 34.9 Å². The summed E-state index contributed by atoms with van der Waals surface area (Å²) < 4.78 is 67.4. The Morgan fingerprint density at radius 3 is 2.16 bits per heavy atom. The van der Waals surface area contributed by atoms with Crippen LogP contribution < -0.4 is 10.2 Å². The highest BCUT2D eigenvalue weighted by atomic mass is 32.2. The number of anilines is 2. The Bertz CT molecular complexity index is 1060. The number of hydrogen-bond donors (Lipinski definition) is 1. The summed E-state index contributed by atoms with van der Waals surface area (Å²) in [6, 6.07) is 7.63. The van der Waals surface area contributed by atoms with Gasteiger partial charge in [-0.05, 0) is 42.8 Å². The first-order chi connectivity index (χ1) is 14.3. The lowest BCUT2D eigenvalue weighted by Gasteiger charge is -2.20. The normalized spacial score (nSPS) is 12.2. The molecule has 31 heavy (non-hydrogen) atoms. The van der Waals surface area contributed by atoms with Gasteiger partial charge in [-0.3, -0.25) is 4.79 Å². The number of halogens is 3. The van der Waals surface area contributed by atoms with E-state index in [0.717, 1.165) is 6.07 Å². The SMILES string of the molecule is CCN(CC)S(=O)(=O)c1ccc(C)c(C(=O)Nc2ccc(N(C)C)cc2C(F)(F)F)c1. The van der Waals surface area contributed by atoms with Gasteiger partial charge in [0.25, 0.3) is 5.91 Å². The molecule has 0 bridgehead atoms. The van der Waals surface area contributed by atoms with Gasteiger partial charge in [0.2, 0.25) is 10.0 Å². The van der Waals surface area contributed by atoms with Crippen LogP contribution in [0.25, 0.3) is 0 Å². The van der Waals surface area contributed by atoms with Gasteiger partial charge in [0, 0.05) is 38.4 Å². The smallest absolute Gasteiger partial charge is 0.378 e. The molecule has 10 heteroatoms. The van der Waals surface area contributed by atoms with Crippen molar-refractivity contribution in [2.24, 2.45) is 0 Å². The van der Waals surface area contributed by atoms with Crippen molar-refractivity contribution in [2.45, 2.75) is 31.8 Å². The van der Waals surface area contributed by atoms with Crippen LogP contribution in [0.1, 0.15) is 35.3 Å². The van der Waals surface area contributed by atoms with Crippen molar-refractivity contribution >= 4 is 27.3 Å². The van der Waals surface area contributed by atoms with Crippen molar-refractivity contribution in [1.82, 2.24) is 4.31 Å². The van der Waals surface area contributed by atoms with E-state index < -0.39 is 33.4 Å². The minimum absolute atomic E-state index is 0.0157. The van der Waals surface area contributed by atoms with Crippen LogP contribution in [0.4, 0.5) is 24.5 Å². The van der Waals surface area contributed by atoms with Crippen molar-refractivity contribution in [3.8, 4) is 0 Å². The van der Waals surface area contributed by atoms with Gasteiger partial charge in [-0.15, -0.1) is 0 Å². The predicted octanol–water partition coefficient (Wildman–Crippen LogP) is 4.36. The first-order valence-corrected chi connectivity index (χ1v) is 11.1. The summed E-state index contributed by atoms with van der Waals surface area (Å²) in [5.41, 5.74) is -0.641. The lowest BCUT2D eigenvalue weighted by Crippen LogP contribution is -2.31. The van der Waals surface area contributed by atoms with Crippen LogP contribution in [0.15, 0.2) is 41.3 Å². The number of sulfonamides is 1. The van der Waals surface area contributed by atoms with Crippen LogP contribution in [-0.4, -0.2) is 45.8 Å². The maximum Gasteiger partial charge on any atom is 0.418 e. The predicted molar refractivity (Wildman–Crippen MR) is 115 cm³/mol. The van der Waals surface area contributed by atoms with Gasteiger partial charge < -0.3 is 10.2 Å². The lowest BCUT2D eigenvalue weighted by molar-refractivity contribution is -0.136. The molecule has 0 aromatic heterocycles. The second kappa shape index (κ2) is 9.27. The standard InChI is InChI=1S/C21H26F3N3O3S/c1-6-27(7-2)31(29,30)16-10-8-14(3)17(13-16)20(28)25-19-11-9-15(26(4)5)12-18(19)21(22,23)24/h8-13H,6-7H2,1-5H3,(H,25,28). The molecule has 2 rings (SSSR count). The number of rotatable bonds is 7. The lowest BCUT2D eigenvalue weighted by atomic mass is 10.1. The summed E-state index contributed by atoms with van der Waals surface area (Å²) in [7, 11) is -0.605. The fourth-order valence-corrected chi connectivity index (χ4v) is 4.55. The fourth-order valence-electron chi connectivity index (χ4n) is 3.06. The number of nitrogens with one attached hydrogen (secondary N) is 1. The molecule has 1 N–H and O–H groups in total. The van der Waals surface area contributed by atoms with E-state index in [4.69, 9.17) is 0 Å². The maximum atomic E-state index is 13.6. The van der Waals surface area contributed by atoms with Crippen LogP contribution in [-0.2, 0) is 16.2 Å². The Morgan fingerprint density at radius 2 is 1.65 bits per heavy atom. The molecule has 2 aromatic rings. The average Bonchev–Trinajstić information content (AvgIpc) is 2.68. The quantitative estimate of drug-likeness (QED) is 0.671. The zero-order valence-electron chi connectivity index (χ0n) is 18.0. The molecule has 0 fully saturated rings. The number of carbonyl (C=O) groups excluding carboxylic acids is 1. The van der Waals surface area contributed by atoms with E-state index in [2.05, 4.69) is 5.32 Å². The van der Waals surface area contributed by atoms with Gasteiger partial charge in [0.15, 0.2) is 0 Å². The molecule has 0 heterocycles. The van der Waals surface area contributed by atoms with Crippen molar-refractivity contribution < 1.29 is 26.4 Å². The third-order valence-corrected chi connectivity index (χ3v) is 6.92. The van der Waals surface area contributed by atoms with Gasteiger partial charge >= 0.3 is 6.18 Å². The number of carbonyl (C=O) groups is 1. The van der Waals surface area contributed by atoms with Gasteiger partial charge in [-0.2, -0.15) is 17.5 Å². The molecule has 0 saturated carbocycles. The molecule has 0 aliphatic carbocycles. The molecule has 2 aromatic carbocycles. The van der Waals surface area contributed by atoms with Gasteiger partial charge in [-0.1, -0.05) is 19.9 Å². The summed E-state index contributed by atoms with van der Waals surface area (Å²) in [6.07, 6.45) is -4.68. The molecule has 0 spiro atoms. The highest BCUT2D eigenvalue weighted by Gasteiger charge is 2.34. The summed E-state index contributed by atoms with van der Waals surface area (Å²) in [5.74, 6) is -0.822. The van der Waals surface area contributed by atoms with Gasteiger partial charge in [0.05, 0.1) is 16.1 Å². The van der Waals surface area contributed by atoms with E-state index in [-0.39, 0.29) is 23.5 Å². The summed E-state index contributed by atoms with van der Waals surface area (Å²) in [4.78, 5) is 14.3. The Hall–Kier alpha value is -2.59. The molecule has 170 valence electrons. The van der Waals surface area contributed by atoms with Crippen LogP contribution in [0.2, 0.25) is 0 Å². The molecule has 0 radical (unpaired) electrons. The molecule has 0 atom stereocenters. The highest BCUT2D eigenvalue weighted by Crippen LogP contribution is 2.37. The third kappa shape index (κ3) is 5.37. The third-order valence-electron chi connectivity index (χ3n) is 4.87. The van der Waals surface area contributed by atoms with Crippen molar-refractivity contribution in [1.29, 1.82) is 0 Å². The second-order valence-corrected chi connectivity index (χ2v) is 9.08. The van der Waals surface area contributed by atoms with Gasteiger partial charge in [-0.25, -0.2) is 8.42 Å². The Labute approximate surface area is 180 Å². The number of nitrogens with zero attached hydrogens (tertiary/aromatic N) is 2. The van der Waals surface area contributed by atoms with E-state index in [0.29, 0.717) is 11.3 Å². The molecule has 1 amide bonds. The molecular weight excluding hydrogens is 431 g/mol. The van der Waals surface area contributed by atoms with E-state index in [1.807, 2.05) is 0 Å². The second-order valence-electron chi connectivity index (χ2n) is 7.14. The summed E-state index contributed by atoms with van der Waals surface area (Å²) >= 11 is 0. The number of hydrogen-bond acceptors (Lipinski definition) is 4. The fraction of sp³-hybridized carbons (Fsp3) is 0.381. The van der Waals surface area contributed by atoms with E-state index >= 15 is 0 Å². The molecule has 0 unspecified atom stereocenters. The first kappa shape index (κ1) is 24.7. The minimum atomic E-state index is -4.68. The Kier molecular flexibility index (Phi) is 7.38. The first-order valence-electron chi connectivity index (χ1n) is 9.63. The number of benzene rings is 2. The van der Waals surface area contributed by atoms with E-state index in [9.17, 15) is 26.4 Å². The number of aryl methyl sites for hydroxylation is 1. The Balaban J connectivity index is 2.48. The topological polar surface area (TPSA) is 69.7 Å². The number of alkyl halides is 3. The number of amides is 1. The van der Waals surface area contributed by atoms with Crippen LogP contribution >= 0.6 is 0 Å². The van der Waals surface area contributed by atoms with Crippen LogP contribution in [0, 0.1) is 6.92 Å². The van der Waals surface area contributed by atoms with Crippen molar-refractivity contribution in [2.75, 3.05) is 37.4 Å². The van der Waals surface area contributed by atoms with E-state index in [1.165, 1.54) is 39.5 Å². The highest BCUT2D eigenvalue weighted by molar-refractivity contribution is 7.89. The van der Waals surface area contributed by atoms with Crippen LogP contribution in [0.5, 0.6) is 0 Å². The summed E-state index contributed by atoms with van der Waals surface area (Å²) in [5, 5.41) is 2.29.